The van der Waals surface area contributed by atoms with Gasteiger partial charge in [0.15, 0.2) is 5.78 Å². The minimum atomic E-state index is -3.19. The third-order valence-electron chi connectivity index (χ3n) is 3.28. The number of carbonyl (C=O) groups excluding carboxylic acids is 1. The van der Waals surface area contributed by atoms with Crippen molar-refractivity contribution in [1.82, 2.24) is 4.31 Å². The summed E-state index contributed by atoms with van der Waals surface area (Å²) in [6.45, 7) is 0.837. The van der Waals surface area contributed by atoms with Crippen LogP contribution in [0.15, 0.2) is 30.3 Å². The maximum absolute atomic E-state index is 12.3. The van der Waals surface area contributed by atoms with Gasteiger partial charge in [0.2, 0.25) is 10.0 Å². The van der Waals surface area contributed by atoms with Crippen LogP contribution in [-0.4, -0.2) is 37.9 Å². The zero-order chi connectivity index (χ0) is 13.2. The number of hydrogen-bond donors (Lipinski definition) is 0. The second kappa shape index (κ2) is 5.20. The van der Waals surface area contributed by atoms with E-state index in [4.69, 9.17) is 0 Å². The fourth-order valence-corrected chi connectivity index (χ4v) is 3.21. The van der Waals surface area contributed by atoms with Crippen LogP contribution in [0.4, 0.5) is 0 Å². The van der Waals surface area contributed by atoms with Crippen molar-refractivity contribution in [3.05, 3.63) is 35.9 Å². The van der Waals surface area contributed by atoms with Gasteiger partial charge in [-0.05, 0) is 12.8 Å². The molecule has 1 aliphatic rings. The fraction of sp³-hybridized carbons (Fsp3) is 0.462. The summed E-state index contributed by atoms with van der Waals surface area (Å²) in [5, 5.41) is 0. The number of ketones is 1. The molecule has 0 aromatic heterocycles. The molecule has 18 heavy (non-hydrogen) atoms. The molecule has 1 aromatic rings. The number of nitrogens with zero attached hydrogens (tertiary/aromatic N) is 1. The van der Waals surface area contributed by atoms with E-state index in [1.54, 1.807) is 12.1 Å². The Morgan fingerprint density at radius 1 is 1.28 bits per heavy atom. The monoisotopic (exact) mass is 267 g/mol. The molecule has 0 N–H and O–H groups in total. The van der Waals surface area contributed by atoms with Gasteiger partial charge >= 0.3 is 0 Å². The molecule has 1 unspecified atom stereocenters. The van der Waals surface area contributed by atoms with E-state index >= 15 is 0 Å². The van der Waals surface area contributed by atoms with Crippen LogP contribution in [0.25, 0.3) is 0 Å². The van der Waals surface area contributed by atoms with E-state index in [0.717, 1.165) is 12.8 Å². The van der Waals surface area contributed by atoms with Crippen molar-refractivity contribution in [2.24, 2.45) is 5.92 Å². The summed E-state index contributed by atoms with van der Waals surface area (Å²) in [5.41, 5.74) is 0.665. The smallest absolute Gasteiger partial charge is 0.211 e. The van der Waals surface area contributed by atoms with E-state index in [9.17, 15) is 13.2 Å². The van der Waals surface area contributed by atoms with E-state index < -0.39 is 10.0 Å². The lowest BCUT2D eigenvalue weighted by atomic mass is 9.91. The minimum absolute atomic E-state index is 0.0453. The maximum Gasteiger partial charge on any atom is 0.211 e. The third-order valence-corrected chi connectivity index (χ3v) is 4.55. The average Bonchev–Trinajstić information content (AvgIpc) is 2.38. The summed E-state index contributed by atoms with van der Waals surface area (Å²) in [6.07, 6.45) is 2.71. The maximum atomic E-state index is 12.3. The predicted octanol–water partition coefficient (Wildman–Crippen LogP) is 1.54. The number of benzene rings is 1. The Morgan fingerprint density at radius 2 is 1.94 bits per heavy atom. The molecule has 1 atom stereocenters. The molecule has 1 aromatic carbocycles. The van der Waals surface area contributed by atoms with Crippen molar-refractivity contribution in [3.8, 4) is 0 Å². The second-order valence-electron chi connectivity index (χ2n) is 4.69. The summed E-state index contributed by atoms with van der Waals surface area (Å²) in [6, 6.07) is 9.07. The standard InChI is InChI=1S/C13H17NO3S/c1-18(16,17)14-9-5-8-12(10-14)13(15)11-6-3-2-4-7-11/h2-4,6-7,12H,5,8-10H2,1H3. The van der Waals surface area contributed by atoms with Crippen LogP contribution in [0.3, 0.4) is 0 Å². The van der Waals surface area contributed by atoms with E-state index in [-0.39, 0.29) is 11.7 Å². The van der Waals surface area contributed by atoms with Crippen molar-refractivity contribution in [2.45, 2.75) is 12.8 Å². The van der Waals surface area contributed by atoms with E-state index in [2.05, 4.69) is 0 Å². The highest BCUT2D eigenvalue weighted by molar-refractivity contribution is 7.88. The molecule has 0 radical (unpaired) electrons. The first-order valence-corrected chi connectivity index (χ1v) is 7.87. The molecule has 98 valence electrons. The Morgan fingerprint density at radius 3 is 2.56 bits per heavy atom. The summed E-state index contributed by atoms with van der Waals surface area (Å²) < 4.78 is 24.4. The quantitative estimate of drug-likeness (QED) is 0.781. The van der Waals surface area contributed by atoms with Crippen molar-refractivity contribution in [1.29, 1.82) is 0 Å². The molecule has 2 rings (SSSR count). The normalized spacial score (nSPS) is 21.7. The summed E-state index contributed by atoms with van der Waals surface area (Å²) >= 11 is 0. The molecule has 0 aliphatic carbocycles. The number of rotatable bonds is 3. The van der Waals surface area contributed by atoms with Crippen LogP contribution >= 0.6 is 0 Å². The van der Waals surface area contributed by atoms with Crippen molar-refractivity contribution in [2.75, 3.05) is 19.3 Å². The van der Waals surface area contributed by atoms with Gasteiger partial charge in [-0.3, -0.25) is 4.79 Å². The van der Waals surface area contributed by atoms with Crippen LogP contribution in [0.1, 0.15) is 23.2 Å². The topological polar surface area (TPSA) is 54.5 Å². The van der Waals surface area contributed by atoms with Crippen LogP contribution in [0.5, 0.6) is 0 Å². The van der Waals surface area contributed by atoms with Gasteiger partial charge < -0.3 is 0 Å². The van der Waals surface area contributed by atoms with Gasteiger partial charge in [0.25, 0.3) is 0 Å². The lowest BCUT2D eigenvalue weighted by Crippen LogP contribution is -2.41. The van der Waals surface area contributed by atoms with Crippen LogP contribution in [0.2, 0.25) is 0 Å². The second-order valence-corrected chi connectivity index (χ2v) is 6.67. The zero-order valence-corrected chi connectivity index (χ0v) is 11.2. The van der Waals surface area contributed by atoms with Gasteiger partial charge in [-0.15, -0.1) is 0 Å². The highest BCUT2D eigenvalue weighted by Gasteiger charge is 2.30. The van der Waals surface area contributed by atoms with Gasteiger partial charge in [0, 0.05) is 24.6 Å². The molecular formula is C13H17NO3S. The molecule has 0 saturated carbocycles. The molecule has 0 bridgehead atoms. The Kier molecular flexibility index (Phi) is 3.82. The SMILES string of the molecule is CS(=O)(=O)N1CCCC(C(=O)c2ccccc2)C1. The lowest BCUT2D eigenvalue weighted by Gasteiger charge is -2.30. The first-order chi connectivity index (χ1) is 8.48. The largest absolute Gasteiger partial charge is 0.294 e. The van der Waals surface area contributed by atoms with Gasteiger partial charge in [0.1, 0.15) is 0 Å². The molecule has 4 nitrogen and oxygen atoms in total. The molecule has 5 heteroatoms. The van der Waals surface area contributed by atoms with Gasteiger partial charge in [-0.2, -0.15) is 0 Å². The van der Waals surface area contributed by atoms with Crippen molar-refractivity contribution in [3.63, 3.8) is 0 Å². The number of carbonyl (C=O) groups is 1. The van der Waals surface area contributed by atoms with E-state index in [1.165, 1.54) is 10.6 Å². The Bertz CT molecular complexity index is 524. The van der Waals surface area contributed by atoms with Gasteiger partial charge in [0.05, 0.1) is 6.26 Å². The molecule has 1 aliphatic heterocycles. The Balaban J connectivity index is 2.13. The summed E-state index contributed by atoms with van der Waals surface area (Å²) in [7, 11) is -3.19. The predicted molar refractivity (Wildman–Crippen MR) is 69.9 cm³/mol. The summed E-state index contributed by atoms with van der Waals surface area (Å²) in [4.78, 5) is 12.3. The minimum Gasteiger partial charge on any atom is -0.294 e. The Hall–Kier alpha value is -1.20. The van der Waals surface area contributed by atoms with Gasteiger partial charge in [-0.25, -0.2) is 12.7 Å². The Labute approximate surface area is 108 Å². The first kappa shape index (κ1) is 13.2. The highest BCUT2D eigenvalue weighted by Crippen LogP contribution is 2.22. The van der Waals surface area contributed by atoms with Crippen molar-refractivity contribution >= 4 is 15.8 Å². The van der Waals surface area contributed by atoms with E-state index in [1.807, 2.05) is 18.2 Å². The number of sulfonamides is 1. The first-order valence-electron chi connectivity index (χ1n) is 6.03. The van der Waals surface area contributed by atoms with Crippen molar-refractivity contribution < 1.29 is 13.2 Å². The fourth-order valence-electron chi connectivity index (χ4n) is 2.30. The van der Waals surface area contributed by atoms with Gasteiger partial charge in [-0.1, -0.05) is 30.3 Å². The third kappa shape index (κ3) is 2.97. The highest BCUT2D eigenvalue weighted by atomic mass is 32.2. The molecule has 1 saturated heterocycles. The zero-order valence-electron chi connectivity index (χ0n) is 10.4. The summed E-state index contributed by atoms with van der Waals surface area (Å²) in [5.74, 6) is -0.167. The number of hydrogen-bond acceptors (Lipinski definition) is 3. The molecular weight excluding hydrogens is 250 g/mol. The molecule has 1 heterocycles. The van der Waals surface area contributed by atoms with Crippen LogP contribution in [0, 0.1) is 5.92 Å². The van der Waals surface area contributed by atoms with Crippen LogP contribution < -0.4 is 0 Å². The number of piperidine rings is 1. The molecule has 0 spiro atoms. The molecule has 0 amide bonds. The lowest BCUT2D eigenvalue weighted by molar-refractivity contribution is 0.0873. The van der Waals surface area contributed by atoms with E-state index in [0.29, 0.717) is 18.7 Å². The molecule has 1 fully saturated rings. The average molecular weight is 267 g/mol. The number of Topliss-reactive ketones (excluding diaryl/α,β-unsaturated/α-hetero) is 1. The van der Waals surface area contributed by atoms with Crippen LogP contribution in [-0.2, 0) is 10.0 Å².